The van der Waals surface area contributed by atoms with E-state index < -0.39 is 6.09 Å². The van der Waals surface area contributed by atoms with Gasteiger partial charge < -0.3 is 20.5 Å². The molecule has 1 aliphatic heterocycles. The van der Waals surface area contributed by atoms with E-state index in [1.54, 1.807) is 7.05 Å². The molecule has 1 rings (SSSR count). The molecule has 0 spiro atoms. The number of ether oxygens (including phenoxy) is 1. The van der Waals surface area contributed by atoms with E-state index in [1.807, 2.05) is 0 Å². The van der Waals surface area contributed by atoms with Crippen LogP contribution in [0.3, 0.4) is 0 Å². The fourth-order valence-electron chi connectivity index (χ4n) is 2.09. The van der Waals surface area contributed by atoms with Gasteiger partial charge in [-0.3, -0.25) is 0 Å². The number of carboxylic acid groups (broad SMARTS) is 1. The highest BCUT2D eigenvalue weighted by molar-refractivity contribution is 5.64. The van der Waals surface area contributed by atoms with Crippen molar-refractivity contribution in [2.24, 2.45) is 11.7 Å². The van der Waals surface area contributed by atoms with Crippen LogP contribution in [0.1, 0.15) is 25.7 Å². The summed E-state index contributed by atoms with van der Waals surface area (Å²) in [5.74, 6) is 0.486. The van der Waals surface area contributed by atoms with Crippen molar-refractivity contribution in [2.75, 3.05) is 26.8 Å². The zero-order chi connectivity index (χ0) is 12.0. The Morgan fingerprint density at radius 3 is 3.06 bits per heavy atom. The predicted molar refractivity (Wildman–Crippen MR) is 61.4 cm³/mol. The number of likely N-dealkylation sites (N-methyl/N-ethyl adjacent to an activating group) is 1. The first-order valence-electron chi connectivity index (χ1n) is 5.87. The van der Waals surface area contributed by atoms with E-state index in [0.29, 0.717) is 12.5 Å². The number of carbonyl (C=O) groups is 1. The normalized spacial score (nSPS) is 23.5. The molecule has 0 aromatic heterocycles. The summed E-state index contributed by atoms with van der Waals surface area (Å²) in [5, 5.41) is 8.73. The SMILES string of the molecule is CN(C[C@H](N)C[C@H]1CCCCOC1)C(=O)O. The van der Waals surface area contributed by atoms with Crippen LogP contribution in [-0.4, -0.2) is 48.9 Å². The van der Waals surface area contributed by atoms with Crippen LogP contribution in [0.5, 0.6) is 0 Å². The van der Waals surface area contributed by atoms with Crippen molar-refractivity contribution in [1.29, 1.82) is 0 Å². The summed E-state index contributed by atoms with van der Waals surface area (Å²) in [6.45, 7) is 2.01. The van der Waals surface area contributed by atoms with Crippen molar-refractivity contribution in [1.82, 2.24) is 4.90 Å². The summed E-state index contributed by atoms with van der Waals surface area (Å²) in [6, 6.07) is -0.0900. The molecule has 1 saturated heterocycles. The number of rotatable bonds is 4. The zero-order valence-electron chi connectivity index (χ0n) is 9.89. The molecule has 0 aromatic carbocycles. The molecule has 1 aliphatic rings. The van der Waals surface area contributed by atoms with Gasteiger partial charge in [0.2, 0.25) is 0 Å². The minimum absolute atomic E-state index is 0.0900. The Kier molecular flexibility index (Phi) is 5.55. The lowest BCUT2D eigenvalue weighted by molar-refractivity contribution is 0.107. The number of amides is 1. The van der Waals surface area contributed by atoms with E-state index in [4.69, 9.17) is 15.6 Å². The topological polar surface area (TPSA) is 75.8 Å². The molecular weight excluding hydrogens is 208 g/mol. The summed E-state index contributed by atoms with van der Waals surface area (Å²) >= 11 is 0. The van der Waals surface area contributed by atoms with Crippen LogP contribution < -0.4 is 5.73 Å². The molecule has 1 fully saturated rings. The Morgan fingerprint density at radius 2 is 2.38 bits per heavy atom. The number of hydrogen-bond acceptors (Lipinski definition) is 3. The molecule has 0 radical (unpaired) electrons. The molecule has 0 saturated carbocycles. The van der Waals surface area contributed by atoms with Gasteiger partial charge in [0.05, 0.1) is 0 Å². The summed E-state index contributed by atoms with van der Waals surface area (Å²) in [5.41, 5.74) is 5.93. The minimum Gasteiger partial charge on any atom is -0.465 e. The molecule has 1 amide bonds. The van der Waals surface area contributed by atoms with Crippen LogP contribution in [0.15, 0.2) is 0 Å². The Hall–Kier alpha value is -0.810. The zero-order valence-corrected chi connectivity index (χ0v) is 9.89. The van der Waals surface area contributed by atoms with Crippen molar-refractivity contribution in [3.05, 3.63) is 0 Å². The standard InChI is InChI=1S/C11H22N2O3/c1-13(11(14)15)7-10(12)6-9-4-2-3-5-16-8-9/h9-10H,2-8,12H2,1H3,(H,14,15)/t9-,10-/m1/s1. The average Bonchev–Trinajstić information content (AvgIpc) is 2.45. The highest BCUT2D eigenvalue weighted by Crippen LogP contribution is 2.18. The molecule has 5 nitrogen and oxygen atoms in total. The fourth-order valence-corrected chi connectivity index (χ4v) is 2.09. The quantitative estimate of drug-likeness (QED) is 0.759. The second kappa shape index (κ2) is 6.70. The number of nitrogens with zero attached hydrogens (tertiary/aromatic N) is 1. The monoisotopic (exact) mass is 230 g/mol. The van der Waals surface area contributed by atoms with Gasteiger partial charge in [0, 0.05) is 32.8 Å². The molecule has 1 heterocycles. The maximum atomic E-state index is 10.6. The van der Waals surface area contributed by atoms with Crippen LogP contribution in [0.4, 0.5) is 4.79 Å². The molecule has 0 unspecified atom stereocenters. The van der Waals surface area contributed by atoms with Crippen LogP contribution in [-0.2, 0) is 4.74 Å². The van der Waals surface area contributed by atoms with Gasteiger partial charge in [-0.25, -0.2) is 4.79 Å². The maximum absolute atomic E-state index is 10.6. The largest absolute Gasteiger partial charge is 0.465 e. The average molecular weight is 230 g/mol. The Labute approximate surface area is 96.6 Å². The first-order valence-corrected chi connectivity index (χ1v) is 5.87. The lowest BCUT2D eigenvalue weighted by Crippen LogP contribution is -2.39. The highest BCUT2D eigenvalue weighted by atomic mass is 16.5. The van der Waals surface area contributed by atoms with Crippen LogP contribution in [0.2, 0.25) is 0 Å². The third-order valence-corrected chi connectivity index (χ3v) is 2.98. The van der Waals surface area contributed by atoms with Crippen molar-refractivity contribution in [3.63, 3.8) is 0 Å². The van der Waals surface area contributed by atoms with Crippen molar-refractivity contribution >= 4 is 6.09 Å². The number of hydrogen-bond donors (Lipinski definition) is 2. The van der Waals surface area contributed by atoms with Crippen LogP contribution >= 0.6 is 0 Å². The van der Waals surface area contributed by atoms with Crippen LogP contribution in [0, 0.1) is 5.92 Å². The van der Waals surface area contributed by atoms with Crippen molar-refractivity contribution < 1.29 is 14.6 Å². The van der Waals surface area contributed by atoms with E-state index in [2.05, 4.69) is 0 Å². The fraction of sp³-hybridized carbons (Fsp3) is 0.909. The minimum atomic E-state index is -0.924. The Balaban J connectivity index is 2.26. The van der Waals surface area contributed by atoms with E-state index in [0.717, 1.165) is 32.5 Å². The molecular formula is C11H22N2O3. The Bertz CT molecular complexity index is 215. The third-order valence-electron chi connectivity index (χ3n) is 2.98. The second-order valence-corrected chi connectivity index (χ2v) is 4.60. The molecule has 16 heavy (non-hydrogen) atoms. The predicted octanol–water partition coefficient (Wildman–Crippen LogP) is 1.13. The van der Waals surface area contributed by atoms with Gasteiger partial charge in [-0.1, -0.05) is 6.42 Å². The first-order chi connectivity index (χ1) is 7.59. The summed E-state index contributed by atoms with van der Waals surface area (Å²) in [7, 11) is 1.55. The van der Waals surface area contributed by atoms with Gasteiger partial charge in [0.1, 0.15) is 0 Å². The van der Waals surface area contributed by atoms with Gasteiger partial charge in [0.15, 0.2) is 0 Å². The maximum Gasteiger partial charge on any atom is 0.407 e. The van der Waals surface area contributed by atoms with Gasteiger partial charge in [0.25, 0.3) is 0 Å². The molecule has 0 aliphatic carbocycles. The second-order valence-electron chi connectivity index (χ2n) is 4.60. The number of nitrogens with two attached hydrogens (primary N) is 1. The highest BCUT2D eigenvalue weighted by Gasteiger charge is 2.18. The van der Waals surface area contributed by atoms with Crippen molar-refractivity contribution in [2.45, 2.75) is 31.7 Å². The first kappa shape index (κ1) is 13.3. The molecule has 0 bridgehead atoms. The van der Waals surface area contributed by atoms with Gasteiger partial charge in [-0.05, 0) is 25.2 Å². The molecule has 3 N–H and O–H groups in total. The molecule has 5 heteroatoms. The molecule has 94 valence electrons. The Morgan fingerprint density at radius 1 is 1.62 bits per heavy atom. The van der Waals surface area contributed by atoms with E-state index in [9.17, 15) is 4.79 Å². The molecule has 0 aromatic rings. The smallest absolute Gasteiger partial charge is 0.407 e. The van der Waals surface area contributed by atoms with Gasteiger partial charge in [-0.15, -0.1) is 0 Å². The van der Waals surface area contributed by atoms with E-state index in [1.165, 1.54) is 11.3 Å². The molecule has 2 atom stereocenters. The third kappa shape index (κ3) is 4.81. The van der Waals surface area contributed by atoms with Crippen molar-refractivity contribution in [3.8, 4) is 0 Å². The van der Waals surface area contributed by atoms with Crippen LogP contribution in [0.25, 0.3) is 0 Å². The summed E-state index contributed by atoms with van der Waals surface area (Å²) < 4.78 is 5.47. The lowest BCUT2D eigenvalue weighted by atomic mass is 9.96. The van der Waals surface area contributed by atoms with Gasteiger partial charge >= 0.3 is 6.09 Å². The summed E-state index contributed by atoms with van der Waals surface area (Å²) in [6.07, 6.45) is 3.38. The lowest BCUT2D eigenvalue weighted by Gasteiger charge is -2.22. The summed E-state index contributed by atoms with van der Waals surface area (Å²) in [4.78, 5) is 11.9. The van der Waals surface area contributed by atoms with E-state index >= 15 is 0 Å². The van der Waals surface area contributed by atoms with E-state index in [-0.39, 0.29) is 6.04 Å². The van der Waals surface area contributed by atoms with Gasteiger partial charge in [-0.2, -0.15) is 0 Å².